The molecule has 102 valence electrons. The van der Waals surface area contributed by atoms with Crippen molar-refractivity contribution in [1.82, 2.24) is 9.47 Å². The molecule has 2 rings (SSSR count). The van der Waals surface area contributed by atoms with Crippen LogP contribution in [0.3, 0.4) is 0 Å². The number of aromatic nitrogens is 1. The molecular weight excluding hydrogens is 306 g/mol. The van der Waals surface area contributed by atoms with Crippen LogP contribution in [-0.2, 0) is 0 Å². The zero-order valence-corrected chi connectivity index (χ0v) is 12.9. The van der Waals surface area contributed by atoms with Crippen molar-refractivity contribution in [3.05, 3.63) is 22.4 Å². The van der Waals surface area contributed by atoms with Gasteiger partial charge in [0.05, 0.1) is 12.5 Å². The van der Waals surface area contributed by atoms with E-state index in [1.807, 2.05) is 26.1 Å². The Balaban J connectivity index is 2.23. The Hall–Kier alpha value is -1.28. The molecule has 0 aliphatic heterocycles. The summed E-state index contributed by atoms with van der Waals surface area (Å²) >= 11 is 3.44. The van der Waals surface area contributed by atoms with Crippen LogP contribution >= 0.6 is 15.9 Å². The molecule has 0 aromatic carbocycles. The van der Waals surface area contributed by atoms with Gasteiger partial charge in [0.1, 0.15) is 5.69 Å². The second-order valence-corrected chi connectivity index (χ2v) is 6.10. The Morgan fingerprint density at radius 3 is 2.84 bits per heavy atom. The van der Waals surface area contributed by atoms with E-state index in [2.05, 4.69) is 26.6 Å². The lowest BCUT2D eigenvalue weighted by molar-refractivity contribution is 0.0699. The highest BCUT2D eigenvalue weighted by Gasteiger charge is 2.30. The molecule has 4 nitrogen and oxygen atoms in total. The number of amides is 1. The van der Waals surface area contributed by atoms with Crippen molar-refractivity contribution in [2.45, 2.75) is 45.2 Å². The molecular formula is C14H18BrN3O. The summed E-state index contributed by atoms with van der Waals surface area (Å²) in [5.41, 5.74) is 0.723. The molecule has 0 saturated heterocycles. The summed E-state index contributed by atoms with van der Waals surface area (Å²) in [4.78, 5) is 14.4. The first kappa shape index (κ1) is 14.1. The van der Waals surface area contributed by atoms with E-state index in [9.17, 15) is 4.79 Å². The van der Waals surface area contributed by atoms with Gasteiger partial charge >= 0.3 is 0 Å². The van der Waals surface area contributed by atoms with Crippen molar-refractivity contribution in [3.63, 3.8) is 0 Å². The lowest BCUT2D eigenvalue weighted by atomic mass is 10.2. The van der Waals surface area contributed by atoms with Crippen molar-refractivity contribution < 1.29 is 4.79 Å². The lowest BCUT2D eigenvalue weighted by Gasteiger charge is -2.26. The largest absolute Gasteiger partial charge is 0.339 e. The standard InChI is InChI=1S/C14H18BrN3O/c1-10(2)17(7-3-6-16)14(19)13-8-11(15)9-18(13)12-4-5-12/h8-10,12H,3-5,7H2,1-2H3. The maximum atomic E-state index is 12.6. The van der Waals surface area contributed by atoms with E-state index in [-0.39, 0.29) is 11.9 Å². The van der Waals surface area contributed by atoms with Crippen LogP contribution < -0.4 is 0 Å². The summed E-state index contributed by atoms with van der Waals surface area (Å²) in [5, 5.41) is 8.71. The van der Waals surface area contributed by atoms with Crippen LogP contribution in [0.4, 0.5) is 0 Å². The number of hydrogen-bond acceptors (Lipinski definition) is 2. The molecule has 0 radical (unpaired) electrons. The maximum Gasteiger partial charge on any atom is 0.270 e. The Bertz CT molecular complexity index is 511. The molecule has 1 aliphatic rings. The zero-order chi connectivity index (χ0) is 14.0. The van der Waals surface area contributed by atoms with E-state index < -0.39 is 0 Å². The van der Waals surface area contributed by atoms with Crippen LogP contribution in [0.5, 0.6) is 0 Å². The van der Waals surface area contributed by atoms with Crippen molar-refractivity contribution >= 4 is 21.8 Å². The third kappa shape index (κ3) is 3.19. The van der Waals surface area contributed by atoms with E-state index in [0.29, 0.717) is 19.0 Å². The molecule has 1 aromatic heterocycles. The van der Waals surface area contributed by atoms with Crippen LogP contribution in [0.2, 0.25) is 0 Å². The van der Waals surface area contributed by atoms with Crippen LogP contribution in [0.25, 0.3) is 0 Å². The quantitative estimate of drug-likeness (QED) is 0.834. The summed E-state index contributed by atoms with van der Waals surface area (Å²) < 4.78 is 3.00. The maximum absolute atomic E-state index is 12.6. The lowest BCUT2D eigenvalue weighted by Crippen LogP contribution is -2.38. The average molecular weight is 324 g/mol. The van der Waals surface area contributed by atoms with Crippen LogP contribution in [-0.4, -0.2) is 28.0 Å². The molecule has 1 amide bonds. The monoisotopic (exact) mass is 323 g/mol. The van der Waals surface area contributed by atoms with Gasteiger partial charge in [0.25, 0.3) is 5.91 Å². The smallest absolute Gasteiger partial charge is 0.270 e. The SMILES string of the molecule is CC(C)N(CCC#N)C(=O)c1cc(Br)cn1C1CC1. The Kier molecular flexibility index (Phi) is 4.31. The fraction of sp³-hybridized carbons (Fsp3) is 0.571. The summed E-state index contributed by atoms with van der Waals surface area (Å²) in [6, 6.07) is 4.55. The van der Waals surface area contributed by atoms with E-state index in [0.717, 1.165) is 23.0 Å². The average Bonchev–Trinajstić information content (AvgIpc) is 3.12. The summed E-state index contributed by atoms with van der Waals surface area (Å²) in [5.74, 6) is 0.0165. The van der Waals surface area contributed by atoms with Crippen LogP contribution in [0.1, 0.15) is 49.6 Å². The predicted molar refractivity (Wildman–Crippen MR) is 76.8 cm³/mol. The van der Waals surface area contributed by atoms with Gasteiger partial charge < -0.3 is 9.47 Å². The van der Waals surface area contributed by atoms with Gasteiger partial charge in [-0.3, -0.25) is 4.79 Å². The van der Waals surface area contributed by atoms with E-state index in [1.165, 1.54) is 0 Å². The molecule has 0 N–H and O–H groups in total. The Morgan fingerprint density at radius 1 is 1.63 bits per heavy atom. The van der Waals surface area contributed by atoms with Gasteiger partial charge in [0.15, 0.2) is 0 Å². The molecule has 5 heteroatoms. The number of carbonyl (C=O) groups is 1. The fourth-order valence-electron chi connectivity index (χ4n) is 2.18. The predicted octanol–water partition coefficient (Wildman–Crippen LogP) is 3.35. The van der Waals surface area contributed by atoms with Crippen molar-refractivity contribution in [2.75, 3.05) is 6.54 Å². The highest BCUT2D eigenvalue weighted by molar-refractivity contribution is 9.10. The van der Waals surface area contributed by atoms with Crippen molar-refractivity contribution in [3.8, 4) is 6.07 Å². The van der Waals surface area contributed by atoms with Crippen LogP contribution in [0, 0.1) is 11.3 Å². The Labute approximate surface area is 122 Å². The highest BCUT2D eigenvalue weighted by atomic mass is 79.9. The summed E-state index contributed by atoms with van der Waals surface area (Å²) in [7, 11) is 0. The summed E-state index contributed by atoms with van der Waals surface area (Å²) in [6.07, 6.45) is 4.63. The molecule has 1 aromatic rings. The van der Waals surface area contributed by atoms with E-state index >= 15 is 0 Å². The van der Waals surface area contributed by atoms with Gasteiger partial charge in [-0.1, -0.05) is 0 Å². The first-order valence-corrected chi connectivity index (χ1v) is 7.39. The molecule has 0 atom stereocenters. The van der Waals surface area contributed by atoms with Gasteiger partial charge in [0.2, 0.25) is 0 Å². The molecule has 1 heterocycles. The Morgan fingerprint density at radius 2 is 2.32 bits per heavy atom. The van der Waals surface area contributed by atoms with Gasteiger partial charge in [-0.25, -0.2) is 0 Å². The second kappa shape index (κ2) is 5.79. The third-order valence-electron chi connectivity index (χ3n) is 3.32. The first-order valence-electron chi connectivity index (χ1n) is 6.60. The van der Waals surface area contributed by atoms with Crippen LogP contribution in [0.15, 0.2) is 16.7 Å². The number of halogens is 1. The number of rotatable bonds is 5. The minimum absolute atomic E-state index is 0.0165. The normalized spacial score (nSPS) is 14.5. The van der Waals surface area contributed by atoms with Gasteiger partial charge in [-0.2, -0.15) is 5.26 Å². The van der Waals surface area contributed by atoms with Gasteiger partial charge in [-0.15, -0.1) is 0 Å². The third-order valence-corrected chi connectivity index (χ3v) is 3.76. The van der Waals surface area contributed by atoms with Gasteiger partial charge in [-0.05, 0) is 48.7 Å². The van der Waals surface area contributed by atoms with E-state index in [4.69, 9.17) is 5.26 Å². The number of nitriles is 1. The van der Waals surface area contributed by atoms with Gasteiger partial charge in [0, 0.05) is 29.3 Å². The minimum Gasteiger partial charge on any atom is -0.339 e. The molecule has 0 spiro atoms. The van der Waals surface area contributed by atoms with E-state index in [1.54, 1.807) is 4.90 Å². The molecule has 1 saturated carbocycles. The molecule has 19 heavy (non-hydrogen) atoms. The molecule has 0 unspecified atom stereocenters. The summed E-state index contributed by atoms with van der Waals surface area (Å²) in [6.45, 7) is 4.45. The molecule has 1 aliphatic carbocycles. The second-order valence-electron chi connectivity index (χ2n) is 5.18. The first-order chi connectivity index (χ1) is 9.04. The topological polar surface area (TPSA) is 49.0 Å². The van der Waals surface area contributed by atoms with Crippen molar-refractivity contribution in [1.29, 1.82) is 5.26 Å². The highest BCUT2D eigenvalue weighted by Crippen LogP contribution is 2.37. The number of carbonyl (C=O) groups excluding carboxylic acids is 1. The number of hydrogen-bond donors (Lipinski definition) is 0. The molecule has 0 bridgehead atoms. The zero-order valence-electron chi connectivity index (χ0n) is 11.3. The van der Waals surface area contributed by atoms with Crippen molar-refractivity contribution in [2.24, 2.45) is 0 Å². The fourth-order valence-corrected chi connectivity index (χ4v) is 2.62. The molecule has 1 fully saturated rings. The minimum atomic E-state index is 0.0165. The number of nitrogens with zero attached hydrogens (tertiary/aromatic N) is 3.